The maximum absolute atomic E-state index is 13.5. The second-order valence-electron chi connectivity index (χ2n) is 7.57. The van der Waals surface area contributed by atoms with Crippen molar-refractivity contribution in [1.82, 2.24) is 13.9 Å². The first kappa shape index (κ1) is 18.0. The van der Waals surface area contributed by atoms with Gasteiger partial charge in [-0.25, -0.2) is 13.4 Å². The summed E-state index contributed by atoms with van der Waals surface area (Å²) in [5.41, 5.74) is 1.71. The highest BCUT2D eigenvalue weighted by Gasteiger charge is 2.47. The van der Waals surface area contributed by atoms with Crippen LogP contribution in [0.5, 0.6) is 0 Å². The highest BCUT2D eigenvalue weighted by Crippen LogP contribution is 2.43. The van der Waals surface area contributed by atoms with Crippen LogP contribution in [-0.2, 0) is 21.3 Å². The minimum Gasteiger partial charge on any atom is -0.380 e. The Morgan fingerprint density at radius 3 is 2.65 bits per heavy atom. The number of halogens is 1. The number of aromatic nitrogens is 2. The van der Waals surface area contributed by atoms with Gasteiger partial charge in [-0.15, -0.1) is 0 Å². The van der Waals surface area contributed by atoms with E-state index in [2.05, 4.69) is 11.9 Å². The summed E-state index contributed by atoms with van der Waals surface area (Å²) in [7, 11) is -3.55. The van der Waals surface area contributed by atoms with Crippen LogP contribution in [-0.4, -0.2) is 35.5 Å². The van der Waals surface area contributed by atoms with Gasteiger partial charge in [-0.1, -0.05) is 30.7 Å². The Morgan fingerprint density at radius 2 is 2.04 bits per heavy atom. The van der Waals surface area contributed by atoms with E-state index in [4.69, 9.17) is 16.3 Å². The molecule has 2 aromatic rings. The standard InChI is InChI=1S/C18H22ClN3O3S/c1-13(14-3-5-15(19)6-4-14)22-9-16-8-20-12-21(16)17(26(22,23)24)7-18(2)10-25-11-18/h3-6,8,12-13,17H,7,9-11H2,1-2H3/t13-,17?/m0/s1. The number of hydrogen-bond acceptors (Lipinski definition) is 4. The largest absolute Gasteiger partial charge is 0.380 e. The third-order valence-corrected chi connectivity index (χ3v) is 7.83. The Hall–Kier alpha value is -1.41. The van der Waals surface area contributed by atoms with Crippen LogP contribution in [0.15, 0.2) is 36.8 Å². The Kier molecular flexibility index (Phi) is 4.38. The van der Waals surface area contributed by atoms with Gasteiger partial charge < -0.3 is 9.30 Å². The molecular weight excluding hydrogens is 374 g/mol. The quantitative estimate of drug-likeness (QED) is 0.796. The van der Waals surface area contributed by atoms with E-state index in [1.807, 2.05) is 23.6 Å². The Labute approximate surface area is 158 Å². The highest BCUT2D eigenvalue weighted by atomic mass is 35.5. The van der Waals surface area contributed by atoms with Crippen LogP contribution < -0.4 is 0 Å². The lowest BCUT2D eigenvalue weighted by Gasteiger charge is -2.44. The molecule has 0 radical (unpaired) electrons. The molecule has 0 N–H and O–H groups in total. The van der Waals surface area contributed by atoms with Gasteiger partial charge in [0.25, 0.3) is 0 Å². The molecule has 2 aliphatic heterocycles. The molecule has 1 unspecified atom stereocenters. The molecule has 140 valence electrons. The van der Waals surface area contributed by atoms with Gasteiger partial charge in [0, 0.05) is 22.7 Å². The number of benzene rings is 1. The number of nitrogens with zero attached hydrogens (tertiary/aromatic N) is 3. The average Bonchev–Trinajstić information content (AvgIpc) is 3.03. The number of hydrogen-bond donors (Lipinski definition) is 0. The van der Waals surface area contributed by atoms with Gasteiger partial charge in [0.2, 0.25) is 10.0 Å². The van der Waals surface area contributed by atoms with E-state index in [-0.39, 0.29) is 11.5 Å². The monoisotopic (exact) mass is 395 g/mol. The van der Waals surface area contributed by atoms with Crippen LogP contribution in [0.3, 0.4) is 0 Å². The van der Waals surface area contributed by atoms with Crippen molar-refractivity contribution in [3.8, 4) is 0 Å². The molecule has 26 heavy (non-hydrogen) atoms. The van der Waals surface area contributed by atoms with Crippen LogP contribution in [0.4, 0.5) is 0 Å². The van der Waals surface area contributed by atoms with E-state index < -0.39 is 15.4 Å². The fourth-order valence-electron chi connectivity index (χ4n) is 3.72. The van der Waals surface area contributed by atoms with Gasteiger partial charge in [0.05, 0.1) is 31.8 Å². The summed E-state index contributed by atoms with van der Waals surface area (Å²) in [4.78, 5) is 4.19. The van der Waals surface area contributed by atoms with Crippen molar-refractivity contribution in [2.24, 2.45) is 5.41 Å². The van der Waals surface area contributed by atoms with E-state index >= 15 is 0 Å². The summed E-state index contributed by atoms with van der Waals surface area (Å²) in [5, 5.41) is -0.0197. The predicted octanol–water partition coefficient (Wildman–Crippen LogP) is 3.37. The highest BCUT2D eigenvalue weighted by molar-refractivity contribution is 7.89. The molecule has 2 aliphatic rings. The molecule has 6 nitrogen and oxygen atoms in total. The topological polar surface area (TPSA) is 64.4 Å². The molecule has 1 aromatic heterocycles. The summed E-state index contributed by atoms with van der Waals surface area (Å²) in [6.07, 6.45) is 3.90. The zero-order chi connectivity index (χ0) is 18.5. The number of imidazole rings is 1. The zero-order valence-corrected chi connectivity index (χ0v) is 16.4. The Balaban J connectivity index is 1.71. The van der Waals surface area contributed by atoms with Crippen molar-refractivity contribution in [3.63, 3.8) is 0 Å². The predicted molar refractivity (Wildman–Crippen MR) is 99.1 cm³/mol. The normalized spacial score (nSPS) is 25.3. The summed E-state index contributed by atoms with van der Waals surface area (Å²) in [5.74, 6) is 0. The molecule has 0 aliphatic carbocycles. The zero-order valence-electron chi connectivity index (χ0n) is 14.8. The number of ether oxygens (including phenoxy) is 1. The lowest BCUT2D eigenvalue weighted by atomic mass is 9.85. The van der Waals surface area contributed by atoms with Crippen molar-refractivity contribution >= 4 is 21.6 Å². The van der Waals surface area contributed by atoms with Gasteiger partial charge in [0.15, 0.2) is 5.37 Å². The third kappa shape index (κ3) is 2.97. The van der Waals surface area contributed by atoms with Crippen LogP contribution in [0.2, 0.25) is 5.02 Å². The first-order chi connectivity index (χ1) is 12.3. The lowest BCUT2D eigenvalue weighted by Crippen LogP contribution is -2.48. The molecule has 1 fully saturated rings. The minimum atomic E-state index is -3.55. The van der Waals surface area contributed by atoms with Gasteiger partial charge in [0.1, 0.15) is 0 Å². The molecule has 0 spiro atoms. The van der Waals surface area contributed by atoms with E-state index in [1.165, 1.54) is 0 Å². The summed E-state index contributed by atoms with van der Waals surface area (Å²) >= 11 is 5.97. The van der Waals surface area contributed by atoms with E-state index in [9.17, 15) is 8.42 Å². The van der Waals surface area contributed by atoms with Crippen molar-refractivity contribution < 1.29 is 13.2 Å². The van der Waals surface area contributed by atoms with Gasteiger partial charge in [-0.3, -0.25) is 0 Å². The molecule has 2 atom stereocenters. The first-order valence-corrected chi connectivity index (χ1v) is 10.5. The average molecular weight is 396 g/mol. The van der Waals surface area contributed by atoms with Crippen LogP contribution >= 0.6 is 11.6 Å². The first-order valence-electron chi connectivity index (χ1n) is 8.65. The van der Waals surface area contributed by atoms with Gasteiger partial charge in [-0.2, -0.15) is 4.31 Å². The van der Waals surface area contributed by atoms with Crippen molar-refractivity contribution in [1.29, 1.82) is 0 Å². The Bertz CT molecular complexity index is 906. The fourth-order valence-corrected chi connectivity index (χ4v) is 6.12. The van der Waals surface area contributed by atoms with Gasteiger partial charge in [-0.05, 0) is 31.0 Å². The summed E-state index contributed by atoms with van der Waals surface area (Å²) in [6, 6.07) is 7.06. The smallest absolute Gasteiger partial charge is 0.236 e. The minimum absolute atomic E-state index is 0.119. The van der Waals surface area contributed by atoms with E-state index in [0.29, 0.717) is 31.2 Å². The summed E-state index contributed by atoms with van der Waals surface area (Å²) < 4.78 is 35.7. The van der Waals surface area contributed by atoms with Crippen molar-refractivity contribution in [2.75, 3.05) is 13.2 Å². The molecule has 8 heteroatoms. The second-order valence-corrected chi connectivity index (χ2v) is 10.1. The number of fused-ring (bicyclic) bond motifs is 1. The molecule has 4 rings (SSSR count). The second kappa shape index (κ2) is 6.34. The molecule has 1 saturated heterocycles. The summed E-state index contributed by atoms with van der Waals surface area (Å²) in [6.45, 7) is 5.49. The van der Waals surface area contributed by atoms with Gasteiger partial charge >= 0.3 is 0 Å². The van der Waals surface area contributed by atoms with E-state index in [1.54, 1.807) is 29.0 Å². The van der Waals surface area contributed by atoms with Crippen LogP contribution in [0.25, 0.3) is 0 Å². The van der Waals surface area contributed by atoms with Crippen molar-refractivity contribution in [3.05, 3.63) is 53.1 Å². The molecule has 1 aromatic carbocycles. The third-order valence-electron chi connectivity index (χ3n) is 5.40. The molecule has 3 heterocycles. The molecular formula is C18H22ClN3O3S. The molecule has 0 saturated carbocycles. The number of rotatable bonds is 4. The number of sulfonamides is 1. The maximum Gasteiger partial charge on any atom is 0.236 e. The SMILES string of the molecule is C[C@@H](c1ccc(Cl)cc1)N1Cc2cncn2C(CC2(C)COC2)S1(=O)=O. The van der Waals surface area contributed by atoms with Crippen LogP contribution in [0.1, 0.15) is 42.9 Å². The molecule has 0 amide bonds. The van der Waals surface area contributed by atoms with E-state index in [0.717, 1.165) is 11.3 Å². The lowest BCUT2D eigenvalue weighted by molar-refractivity contribution is -0.108. The Morgan fingerprint density at radius 1 is 1.35 bits per heavy atom. The van der Waals surface area contributed by atoms with Crippen molar-refractivity contribution in [2.45, 2.75) is 38.2 Å². The molecule has 0 bridgehead atoms. The van der Waals surface area contributed by atoms with Crippen LogP contribution in [0, 0.1) is 5.41 Å². The fraction of sp³-hybridized carbons (Fsp3) is 0.500. The maximum atomic E-state index is 13.5.